The zero-order valence-electron chi connectivity index (χ0n) is 13.9. The SMILES string of the molecule is CC.Cc1ccc(CC(C)NC(=O)OC(C)(C)C)cc1. The van der Waals surface area contributed by atoms with Gasteiger partial charge in [0.1, 0.15) is 5.60 Å². The Kier molecular flexibility index (Phi) is 7.97. The third-order valence-corrected chi connectivity index (χ3v) is 2.43. The van der Waals surface area contributed by atoms with E-state index in [0.29, 0.717) is 0 Å². The Morgan fingerprint density at radius 2 is 1.70 bits per heavy atom. The van der Waals surface area contributed by atoms with E-state index in [1.807, 2.05) is 41.5 Å². The highest BCUT2D eigenvalue weighted by atomic mass is 16.6. The number of carbonyl (C=O) groups is 1. The van der Waals surface area contributed by atoms with Gasteiger partial charge in [0.25, 0.3) is 0 Å². The van der Waals surface area contributed by atoms with Gasteiger partial charge in [-0.1, -0.05) is 43.7 Å². The maximum atomic E-state index is 11.6. The molecule has 1 unspecified atom stereocenters. The van der Waals surface area contributed by atoms with Crippen LogP contribution in [0.3, 0.4) is 0 Å². The predicted octanol–water partition coefficient (Wildman–Crippen LogP) is 4.48. The number of carbonyl (C=O) groups excluding carboxylic acids is 1. The Bertz CT molecular complexity index is 390. The topological polar surface area (TPSA) is 38.3 Å². The molecule has 0 radical (unpaired) electrons. The number of alkyl carbamates (subject to hydrolysis) is 1. The van der Waals surface area contributed by atoms with Crippen LogP contribution in [0.15, 0.2) is 24.3 Å². The minimum Gasteiger partial charge on any atom is -0.444 e. The lowest BCUT2D eigenvalue weighted by Crippen LogP contribution is -2.38. The summed E-state index contributed by atoms with van der Waals surface area (Å²) in [5.41, 5.74) is 2.00. The van der Waals surface area contributed by atoms with Crippen molar-refractivity contribution in [2.45, 2.75) is 66.5 Å². The zero-order valence-corrected chi connectivity index (χ0v) is 13.9. The van der Waals surface area contributed by atoms with E-state index < -0.39 is 5.60 Å². The number of nitrogens with one attached hydrogen (secondary N) is 1. The minimum atomic E-state index is -0.451. The van der Waals surface area contributed by atoms with Crippen molar-refractivity contribution in [2.24, 2.45) is 0 Å². The Morgan fingerprint density at radius 3 is 2.15 bits per heavy atom. The molecular formula is C17H29NO2. The molecule has 0 aliphatic heterocycles. The Morgan fingerprint density at radius 1 is 1.20 bits per heavy atom. The molecule has 1 N–H and O–H groups in total. The lowest BCUT2D eigenvalue weighted by molar-refractivity contribution is 0.0508. The van der Waals surface area contributed by atoms with Crippen LogP contribution in [0.5, 0.6) is 0 Å². The first-order valence-corrected chi connectivity index (χ1v) is 7.31. The fourth-order valence-corrected chi connectivity index (χ4v) is 1.64. The lowest BCUT2D eigenvalue weighted by Gasteiger charge is -2.22. The molecule has 20 heavy (non-hydrogen) atoms. The summed E-state index contributed by atoms with van der Waals surface area (Å²) in [6, 6.07) is 8.39. The van der Waals surface area contributed by atoms with Gasteiger partial charge in [-0.05, 0) is 46.6 Å². The second-order valence-electron chi connectivity index (χ2n) is 5.74. The Hall–Kier alpha value is -1.51. The molecule has 1 aromatic rings. The van der Waals surface area contributed by atoms with Crippen LogP contribution >= 0.6 is 0 Å². The zero-order chi connectivity index (χ0) is 15.8. The quantitative estimate of drug-likeness (QED) is 0.886. The van der Waals surface area contributed by atoms with Gasteiger partial charge in [0.2, 0.25) is 0 Å². The monoisotopic (exact) mass is 279 g/mol. The largest absolute Gasteiger partial charge is 0.444 e. The summed E-state index contributed by atoms with van der Waals surface area (Å²) in [6.07, 6.45) is 0.446. The first kappa shape index (κ1) is 18.5. The van der Waals surface area contributed by atoms with Crippen molar-refractivity contribution in [3.63, 3.8) is 0 Å². The van der Waals surface area contributed by atoms with Crippen molar-refractivity contribution in [1.29, 1.82) is 0 Å². The van der Waals surface area contributed by atoms with Crippen molar-refractivity contribution < 1.29 is 9.53 Å². The van der Waals surface area contributed by atoms with Gasteiger partial charge in [0, 0.05) is 6.04 Å². The van der Waals surface area contributed by atoms with Crippen molar-refractivity contribution in [2.75, 3.05) is 0 Å². The summed E-state index contributed by atoms with van der Waals surface area (Å²) in [7, 11) is 0. The normalized spacial score (nSPS) is 11.9. The van der Waals surface area contributed by atoms with Crippen molar-refractivity contribution in [3.05, 3.63) is 35.4 Å². The van der Waals surface area contributed by atoms with E-state index in [-0.39, 0.29) is 12.1 Å². The average Bonchev–Trinajstić information content (AvgIpc) is 2.32. The molecule has 0 aliphatic carbocycles. The molecule has 1 amide bonds. The van der Waals surface area contributed by atoms with Crippen molar-refractivity contribution in [1.82, 2.24) is 5.32 Å². The maximum Gasteiger partial charge on any atom is 0.407 e. The Balaban J connectivity index is 0.00000172. The summed E-state index contributed by atoms with van der Waals surface area (Å²) in [5.74, 6) is 0. The number of aryl methyl sites for hydroxylation is 1. The number of hydrogen-bond acceptors (Lipinski definition) is 2. The molecule has 1 aromatic carbocycles. The van der Waals surface area contributed by atoms with Crippen LogP contribution < -0.4 is 5.32 Å². The molecule has 0 spiro atoms. The summed E-state index contributed by atoms with van der Waals surface area (Å²) >= 11 is 0. The molecule has 3 nitrogen and oxygen atoms in total. The third kappa shape index (κ3) is 8.57. The number of hydrogen-bond donors (Lipinski definition) is 1. The van der Waals surface area contributed by atoms with E-state index in [9.17, 15) is 4.79 Å². The molecule has 3 heteroatoms. The molecule has 0 saturated carbocycles. The van der Waals surface area contributed by atoms with Gasteiger partial charge in [0.15, 0.2) is 0 Å². The summed E-state index contributed by atoms with van der Waals surface area (Å²) in [4.78, 5) is 11.6. The van der Waals surface area contributed by atoms with E-state index >= 15 is 0 Å². The highest BCUT2D eigenvalue weighted by molar-refractivity contribution is 5.68. The molecule has 1 rings (SSSR count). The molecule has 0 bridgehead atoms. The first-order valence-electron chi connectivity index (χ1n) is 7.31. The van der Waals surface area contributed by atoms with Gasteiger partial charge in [0.05, 0.1) is 0 Å². The van der Waals surface area contributed by atoms with Crippen LogP contribution in [0.25, 0.3) is 0 Å². The predicted molar refractivity (Wildman–Crippen MR) is 85.1 cm³/mol. The summed E-state index contributed by atoms with van der Waals surface area (Å²) < 4.78 is 5.22. The van der Waals surface area contributed by atoms with Gasteiger partial charge in [-0.25, -0.2) is 4.79 Å². The molecule has 0 heterocycles. The minimum absolute atomic E-state index is 0.0579. The fourth-order valence-electron chi connectivity index (χ4n) is 1.64. The van der Waals surface area contributed by atoms with Gasteiger partial charge in [-0.3, -0.25) is 0 Å². The molecular weight excluding hydrogens is 250 g/mol. The van der Waals surface area contributed by atoms with Crippen molar-refractivity contribution >= 4 is 6.09 Å². The number of rotatable bonds is 3. The molecule has 114 valence electrons. The van der Waals surface area contributed by atoms with E-state index in [0.717, 1.165) is 6.42 Å². The number of amides is 1. The number of ether oxygens (including phenoxy) is 1. The second-order valence-corrected chi connectivity index (χ2v) is 5.74. The van der Waals surface area contributed by atoms with Crippen molar-refractivity contribution in [3.8, 4) is 0 Å². The Labute approximate surface area is 123 Å². The van der Waals surface area contributed by atoms with Crippen LogP contribution in [-0.4, -0.2) is 17.7 Å². The second kappa shape index (κ2) is 8.62. The van der Waals surface area contributed by atoms with E-state index in [2.05, 4.69) is 36.5 Å². The smallest absolute Gasteiger partial charge is 0.407 e. The summed E-state index contributed by atoms with van der Waals surface area (Å²) in [6.45, 7) is 13.6. The molecule has 1 atom stereocenters. The fraction of sp³-hybridized carbons (Fsp3) is 0.588. The maximum absolute atomic E-state index is 11.6. The number of benzene rings is 1. The average molecular weight is 279 g/mol. The van der Waals surface area contributed by atoms with Gasteiger partial charge < -0.3 is 10.1 Å². The van der Waals surface area contributed by atoms with Gasteiger partial charge >= 0.3 is 6.09 Å². The molecule has 0 aliphatic rings. The molecule has 0 fully saturated rings. The standard InChI is InChI=1S/C15H23NO2.C2H6/c1-11-6-8-13(9-7-11)10-12(2)16-14(17)18-15(3,4)5;1-2/h6-9,12H,10H2,1-5H3,(H,16,17);1-2H3. The van der Waals surface area contributed by atoms with E-state index in [1.54, 1.807) is 0 Å². The molecule has 0 aromatic heterocycles. The van der Waals surface area contributed by atoms with Crippen LogP contribution in [0.1, 0.15) is 52.7 Å². The van der Waals surface area contributed by atoms with Crippen LogP contribution in [0.4, 0.5) is 4.79 Å². The van der Waals surface area contributed by atoms with E-state index in [1.165, 1.54) is 11.1 Å². The molecule has 0 saturated heterocycles. The van der Waals surface area contributed by atoms with Gasteiger partial charge in [-0.15, -0.1) is 0 Å². The van der Waals surface area contributed by atoms with Gasteiger partial charge in [-0.2, -0.15) is 0 Å². The van der Waals surface area contributed by atoms with E-state index in [4.69, 9.17) is 4.74 Å². The first-order chi connectivity index (χ1) is 9.26. The van der Waals surface area contributed by atoms with Crippen LogP contribution in [0.2, 0.25) is 0 Å². The third-order valence-electron chi connectivity index (χ3n) is 2.43. The highest BCUT2D eigenvalue weighted by Crippen LogP contribution is 2.09. The van der Waals surface area contributed by atoms with Crippen LogP contribution in [-0.2, 0) is 11.2 Å². The lowest BCUT2D eigenvalue weighted by atomic mass is 10.1. The van der Waals surface area contributed by atoms with Crippen LogP contribution in [0, 0.1) is 6.92 Å². The highest BCUT2D eigenvalue weighted by Gasteiger charge is 2.17. The summed E-state index contributed by atoms with van der Waals surface area (Å²) in [5, 5.41) is 2.84.